The van der Waals surface area contributed by atoms with Gasteiger partial charge in [0.15, 0.2) is 6.29 Å². The van der Waals surface area contributed by atoms with E-state index in [0.29, 0.717) is 37.7 Å². The van der Waals surface area contributed by atoms with Gasteiger partial charge in [0.25, 0.3) is 11.7 Å². The van der Waals surface area contributed by atoms with Crippen LogP contribution in [0.5, 0.6) is 0 Å². The molecule has 5 aliphatic heterocycles. The number of methoxy groups -OCH3 is 3. The van der Waals surface area contributed by atoms with Crippen LogP contribution in [0.2, 0.25) is 0 Å². The quantitative estimate of drug-likeness (QED) is 0.0429. The molecule has 0 radical (unpaired) electrons. The first-order valence-electron chi connectivity index (χ1n) is 29.9. The van der Waals surface area contributed by atoms with E-state index in [2.05, 4.69) is 6.58 Å². The van der Waals surface area contributed by atoms with Crippen LogP contribution < -0.4 is 0 Å². The van der Waals surface area contributed by atoms with Crippen molar-refractivity contribution in [2.75, 3.05) is 41.1 Å². The summed E-state index contributed by atoms with van der Waals surface area (Å²) in [5.41, 5.74) is 1.38. The van der Waals surface area contributed by atoms with Crippen molar-refractivity contribution in [3.05, 3.63) is 36.0 Å². The van der Waals surface area contributed by atoms with Crippen LogP contribution in [0.25, 0.3) is 0 Å². The van der Waals surface area contributed by atoms with Gasteiger partial charge < -0.3 is 98.2 Å². The van der Waals surface area contributed by atoms with Gasteiger partial charge in [-0.15, -0.1) is 6.58 Å². The number of esters is 3. The number of carbonyl (C=O) groups is 6. The van der Waals surface area contributed by atoms with E-state index in [1.165, 1.54) is 21.3 Å². The summed E-state index contributed by atoms with van der Waals surface area (Å²) in [7, 11) is 4.41. The zero-order chi connectivity index (χ0) is 63.5. The number of aliphatic hydroxyl groups excluding tert-OH is 8. The molecule has 6 rings (SSSR count). The average molecular weight is 1230 g/mol. The number of hydrogen-bond acceptors (Lipinski definition) is 25. The molecule has 1 amide bonds. The van der Waals surface area contributed by atoms with E-state index in [9.17, 15) is 74.7 Å². The molecule has 5 fully saturated rings. The summed E-state index contributed by atoms with van der Waals surface area (Å²) >= 11 is 0. The second-order valence-electron chi connectivity index (χ2n) is 24.2. The van der Waals surface area contributed by atoms with E-state index >= 15 is 0 Å². The lowest BCUT2D eigenvalue weighted by Crippen LogP contribution is -2.64. The molecular formula is C60H93NO25. The minimum Gasteiger partial charge on any atom is -0.460 e. The summed E-state index contributed by atoms with van der Waals surface area (Å²) < 4.78 is 57.5. The Morgan fingerprint density at radius 1 is 0.756 bits per heavy atom. The normalized spacial score (nSPS) is 41.8. The first-order chi connectivity index (χ1) is 40.7. The number of aliphatic hydroxyl groups is 9. The van der Waals surface area contributed by atoms with Crippen molar-refractivity contribution in [1.82, 2.24) is 4.90 Å². The van der Waals surface area contributed by atoms with Gasteiger partial charge in [-0.25, -0.2) is 4.79 Å². The number of allylic oxidation sites excluding steroid dienone is 4. The van der Waals surface area contributed by atoms with Crippen LogP contribution in [-0.4, -0.2) is 243 Å². The molecule has 15 unspecified atom stereocenters. The van der Waals surface area contributed by atoms with Crippen molar-refractivity contribution in [3.63, 3.8) is 0 Å². The molecule has 24 atom stereocenters. The van der Waals surface area contributed by atoms with Crippen molar-refractivity contribution in [3.8, 4) is 0 Å². The predicted octanol–water partition coefficient (Wildman–Crippen LogP) is 0.137. The van der Waals surface area contributed by atoms with Crippen molar-refractivity contribution >= 4 is 35.4 Å². The number of cyclic esters (lactones) is 1. The topological polar surface area (TPSA) is 380 Å². The highest BCUT2D eigenvalue weighted by Gasteiger charge is 2.57. The van der Waals surface area contributed by atoms with Crippen molar-refractivity contribution in [2.24, 2.45) is 29.6 Å². The molecule has 9 N–H and O–H groups in total. The number of amides is 1. The van der Waals surface area contributed by atoms with Crippen molar-refractivity contribution in [2.45, 2.75) is 234 Å². The third kappa shape index (κ3) is 17.0. The SMILES string of the molecule is C=CCC1/C=C(\C)C[C@@H](C)C[C@H](OC)[C@H]2O[C@@](O)(C(=O)C(=O)N3CCCCC3C(=O)O[C@H](/C(C)=C/C3CCC(OC(=O)CCC(=O)OC4OC(CO)C(OC5OC(CO)C(O)C(O)C5O)C(O)C4O)[C@H](OC)C3)[C@H](C)[C@H](O)CC1=O)[C@H](C)CC2OC. The van der Waals surface area contributed by atoms with E-state index < -0.39 is 189 Å². The lowest BCUT2D eigenvalue weighted by atomic mass is 9.81. The summed E-state index contributed by atoms with van der Waals surface area (Å²) in [6.07, 6.45) is -16.4. The second-order valence-corrected chi connectivity index (χ2v) is 24.2. The molecule has 6 aliphatic rings. The fourth-order valence-electron chi connectivity index (χ4n) is 12.8. The van der Waals surface area contributed by atoms with Gasteiger partial charge in [0.05, 0.1) is 50.5 Å². The monoisotopic (exact) mass is 1230 g/mol. The minimum absolute atomic E-state index is 0.00881. The maximum Gasteiger partial charge on any atom is 0.329 e. The van der Waals surface area contributed by atoms with Gasteiger partial charge in [-0.05, 0) is 95.5 Å². The molecule has 488 valence electrons. The Bertz CT molecular complexity index is 2370. The average Bonchev–Trinajstić information content (AvgIpc) is 1.11. The minimum atomic E-state index is -2.60. The third-order valence-electron chi connectivity index (χ3n) is 17.9. The highest BCUT2D eigenvalue weighted by molar-refractivity contribution is 6.39. The number of nitrogens with zero attached hydrogens (tertiary/aromatic N) is 1. The lowest BCUT2D eigenvalue weighted by Gasteiger charge is -2.47. The molecule has 5 heterocycles. The van der Waals surface area contributed by atoms with Crippen LogP contribution in [-0.2, 0) is 76.1 Å². The molecular weight excluding hydrogens is 1130 g/mol. The molecule has 26 heteroatoms. The van der Waals surface area contributed by atoms with Crippen molar-refractivity contribution < 1.29 is 122 Å². The van der Waals surface area contributed by atoms with E-state index in [1.54, 1.807) is 26.8 Å². The maximum absolute atomic E-state index is 14.7. The molecule has 26 nitrogen and oxygen atoms in total. The van der Waals surface area contributed by atoms with Gasteiger partial charge in [0, 0.05) is 52.0 Å². The number of hydrogen-bond donors (Lipinski definition) is 9. The first-order valence-corrected chi connectivity index (χ1v) is 29.9. The third-order valence-corrected chi connectivity index (χ3v) is 17.9. The number of ether oxygens (including phenoxy) is 10. The second kappa shape index (κ2) is 32.0. The molecule has 0 aromatic rings. The van der Waals surface area contributed by atoms with Crippen LogP contribution in [0.15, 0.2) is 36.0 Å². The number of rotatable bonds is 16. The zero-order valence-electron chi connectivity index (χ0n) is 50.5. The fourth-order valence-corrected chi connectivity index (χ4v) is 12.8. The smallest absolute Gasteiger partial charge is 0.329 e. The van der Waals surface area contributed by atoms with Crippen LogP contribution >= 0.6 is 0 Å². The summed E-state index contributed by atoms with van der Waals surface area (Å²) in [6, 6.07) is -1.27. The van der Waals surface area contributed by atoms with Crippen LogP contribution in [0, 0.1) is 29.6 Å². The number of carbonyl (C=O) groups excluding carboxylic acids is 6. The molecule has 0 aromatic heterocycles. The Morgan fingerprint density at radius 3 is 2.02 bits per heavy atom. The largest absolute Gasteiger partial charge is 0.460 e. The predicted molar refractivity (Wildman–Crippen MR) is 298 cm³/mol. The molecule has 0 spiro atoms. The van der Waals surface area contributed by atoms with Crippen LogP contribution in [0.3, 0.4) is 0 Å². The Labute approximate surface area is 501 Å². The highest BCUT2D eigenvalue weighted by atomic mass is 16.8. The van der Waals surface area contributed by atoms with Gasteiger partial charge in [0.1, 0.15) is 79.0 Å². The Balaban J connectivity index is 1.15. The first kappa shape index (κ1) is 70.9. The van der Waals surface area contributed by atoms with Gasteiger partial charge >= 0.3 is 17.9 Å². The van der Waals surface area contributed by atoms with E-state index in [-0.39, 0.29) is 62.7 Å². The standard InChI is InChI=1S/C60H93NO25/c1-10-13-35-21-29(2)20-30(3)22-41(78-8)53-42(79-9)24-32(5)60(76,86-53)55(73)56(74)61-19-12-11-14-36(61)57(75)84-52(33(6)37(64)26-38(35)65)31(4)23-34-15-16-39(40(25-34)77-7)80-45(66)17-18-46(67)83-58-51(72)49(70)54(44(28-63)82-58)85-59-50(71)48(69)47(68)43(27-62)81-59/h10,21,23,30,32-37,39-44,47-54,58-59,62-64,68-72,76H,1,11-20,22,24-28H2,2-9H3/b29-21+,31-23+/t30-,32-,33-,34?,35?,36?,37-,39?,40-,41+,42?,43?,44?,47?,48?,49?,50?,51?,52-,53-,54?,58?,59?,60-/m1/s1. The molecule has 86 heavy (non-hydrogen) atoms. The fraction of sp³-hybridized carbons (Fsp3) is 0.800. The van der Waals surface area contributed by atoms with Gasteiger partial charge in [-0.1, -0.05) is 44.6 Å². The highest BCUT2D eigenvalue weighted by Crippen LogP contribution is 2.40. The number of Topliss-reactive ketones (excluding diaryl/α,β-unsaturated/α-hetero) is 2. The summed E-state index contributed by atoms with van der Waals surface area (Å²) in [6.45, 7) is 11.1. The number of piperidine rings is 1. The van der Waals surface area contributed by atoms with Gasteiger partial charge in [0.2, 0.25) is 12.1 Å². The molecule has 1 aliphatic carbocycles. The van der Waals surface area contributed by atoms with Gasteiger partial charge in [-0.2, -0.15) is 0 Å². The van der Waals surface area contributed by atoms with Crippen LogP contribution in [0.1, 0.15) is 118 Å². The zero-order valence-corrected chi connectivity index (χ0v) is 50.5. The number of fused-ring (bicyclic) bond motifs is 3. The summed E-state index contributed by atoms with van der Waals surface area (Å²) in [5, 5.41) is 96.2. The molecule has 0 aromatic carbocycles. The lowest BCUT2D eigenvalue weighted by molar-refractivity contribution is -0.355. The molecule has 4 saturated heterocycles. The Hall–Kier alpha value is -4.20. The maximum atomic E-state index is 14.7. The summed E-state index contributed by atoms with van der Waals surface area (Å²) in [4.78, 5) is 85.1. The number of ketones is 2. The van der Waals surface area contributed by atoms with Crippen LogP contribution in [0.4, 0.5) is 0 Å². The van der Waals surface area contributed by atoms with Crippen molar-refractivity contribution in [1.29, 1.82) is 0 Å². The Morgan fingerprint density at radius 2 is 1.38 bits per heavy atom. The van der Waals surface area contributed by atoms with E-state index in [4.69, 9.17) is 47.4 Å². The van der Waals surface area contributed by atoms with Gasteiger partial charge in [-0.3, -0.25) is 24.0 Å². The summed E-state index contributed by atoms with van der Waals surface area (Å²) in [5.74, 6) is -10.8. The molecule has 2 bridgehead atoms. The van der Waals surface area contributed by atoms with E-state index in [1.807, 2.05) is 26.0 Å². The molecule has 1 saturated carbocycles. The van der Waals surface area contributed by atoms with E-state index in [0.717, 1.165) is 10.5 Å². The Kier molecular flexibility index (Phi) is 26.4.